The third-order valence-electron chi connectivity index (χ3n) is 10.8. The van der Waals surface area contributed by atoms with Crippen LogP contribution in [0.2, 0.25) is 0 Å². The molecule has 62 heavy (non-hydrogen) atoms. The van der Waals surface area contributed by atoms with Crippen molar-refractivity contribution in [1.29, 1.82) is 0 Å². The minimum atomic E-state index is -1.18. The van der Waals surface area contributed by atoms with E-state index in [2.05, 4.69) is 22.2 Å². The number of hydrogen-bond donors (Lipinski definition) is 2. The molecular formula is C43H49N7O12. The minimum absolute atomic E-state index is 0.0284. The molecule has 4 atom stereocenters. The lowest BCUT2D eigenvalue weighted by Gasteiger charge is -2.39. The minimum Gasteiger partial charge on any atom is -0.493 e. The molecule has 3 aliphatic rings. The molecule has 19 heteroatoms. The maximum atomic E-state index is 14.4. The largest absolute Gasteiger partial charge is 0.493 e. The average Bonchev–Trinajstić information content (AvgIpc) is 3.98. The Balaban J connectivity index is 1.06. The lowest BCUT2D eigenvalue weighted by atomic mass is 10.1. The van der Waals surface area contributed by atoms with Crippen molar-refractivity contribution in [3.63, 3.8) is 0 Å². The molecule has 0 radical (unpaired) electrons. The van der Waals surface area contributed by atoms with Crippen molar-refractivity contribution >= 4 is 47.0 Å². The second-order valence-electron chi connectivity index (χ2n) is 14.8. The molecule has 2 N–H and O–H groups in total. The van der Waals surface area contributed by atoms with Crippen LogP contribution in [0.15, 0.2) is 67.5 Å². The van der Waals surface area contributed by atoms with Crippen LogP contribution in [-0.2, 0) is 42.6 Å². The maximum absolute atomic E-state index is 14.4. The van der Waals surface area contributed by atoms with Crippen LogP contribution >= 0.6 is 0 Å². The Labute approximate surface area is 357 Å². The maximum Gasteiger partial charge on any atom is 0.416 e. The predicted molar refractivity (Wildman–Crippen MR) is 223 cm³/mol. The molecule has 328 valence electrons. The standard InChI is InChI=1S/C43H49N7O12/c1-7-17-60-43(55)50-29-21-33(57-5)32(56-4)20-28(29)40(53)49-16-15-31(37(49)41(50)62-36-10-8-9-18-59-36)61-24-35(51)45-34-23-48(3)38(46-34)39(52)44-27-13-11-25(12-14-27)26-19-30(42(54)58-6)47(2)22-26/h7,11-14,19-23,31,36-37,41H,1,8-10,15-18,24H2,2-6H3,(H,44,52)(H,45,51)/t31-,36?,37-,41?/m0/s1. The van der Waals surface area contributed by atoms with Crippen molar-refractivity contribution in [3.8, 4) is 22.6 Å². The summed E-state index contributed by atoms with van der Waals surface area (Å²) in [5, 5.41) is 5.50. The molecule has 2 saturated heterocycles. The van der Waals surface area contributed by atoms with Gasteiger partial charge in [0.1, 0.15) is 24.9 Å². The molecule has 0 saturated carbocycles. The van der Waals surface area contributed by atoms with E-state index >= 15 is 0 Å². The van der Waals surface area contributed by atoms with Crippen LogP contribution in [0.25, 0.3) is 11.1 Å². The number of rotatable bonds is 14. The zero-order valence-corrected chi connectivity index (χ0v) is 35.1. The lowest BCUT2D eigenvalue weighted by Crippen LogP contribution is -2.57. The van der Waals surface area contributed by atoms with Gasteiger partial charge in [-0.1, -0.05) is 24.8 Å². The predicted octanol–water partition coefficient (Wildman–Crippen LogP) is 4.73. The summed E-state index contributed by atoms with van der Waals surface area (Å²) in [5.74, 6) is -1.28. The Morgan fingerprint density at radius 2 is 1.69 bits per heavy atom. The van der Waals surface area contributed by atoms with Gasteiger partial charge in [-0.25, -0.2) is 19.5 Å². The highest BCUT2D eigenvalue weighted by molar-refractivity contribution is 6.06. The van der Waals surface area contributed by atoms with E-state index < -0.39 is 61.1 Å². The van der Waals surface area contributed by atoms with E-state index in [1.165, 1.54) is 55.2 Å². The molecule has 2 aromatic carbocycles. The van der Waals surface area contributed by atoms with Crippen LogP contribution in [0.1, 0.15) is 57.1 Å². The number of anilines is 3. The molecule has 2 fully saturated rings. The summed E-state index contributed by atoms with van der Waals surface area (Å²) in [6.45, 7) is 3.75. The Morgan fingerprint density at radius 3 is 2.39 bits per heavy atom. The first-order valence-electron chi connectivity index (χ1n) is 20.0. The molecule has 5 heterocycles. The average molecular weight is 856 g/mol. The van der Waals surface area contributed by atoms with Crippen LogP contribution in [0.3, 0.4) is 0 Å². The fourth-order valence-corrected chi connectivity index (χ4v) is 7.81. The number of methoxy groups -OCH3 is 3. The summed E-state index contributed by atoms with van der Waals surface area (Å²) < 4.78 is 43.4. The van der Waals surface area contributed by atoms with Gasteiger partial charge in [-0.05, 0) is 55.5 Å². The van der Waals surface area contributed by atoms with Gasteiger partial charge in [0, 0.05) is 57.0 Å². The topological polar surface area (TPSA) is 203 Å². The van der Waals surface area contributed by atoms with Crippen LogP contribution in [0.5, 0.6) is 11.5 Å². The van der Waals surface area contributed by atoms with Gasteiger partial charge in [0.2, 0.25) is 5.82 Å². The number of hydrogen-bond acceptors (Lipinski definition) is 13. The fourth-order valence-electron chi connectivity index (χ4n) is 7.81. The van der Waals surface area contributed by atoms with Crippen LogP contribution in [0.4, 0.5) is 22.0 Å². The molecule has 0 spiro atoms. The van der Waals surface area contributed by atoms with Gasteiger partial charge in [-0.3, -0.25) is 14.4 Å². The Morgan fingerprint density at radius 1 is 0.935 bits per heavy atom. The third kappa shape index (κ3) is 9.00. The molecular weight excluding hydrogens is 807 g/mol. The molecule has 2 unspecified atom stereocenters. The van der Waals surface area contributed by atoms with Crippen molar-refractivity contribution in [1.82, 2.24) is 19.0 Å². The van der Waals surface area contributed by atoms with Gasteiger partial charge in [0.25, 0.3) is 17.7 Å². The zero-order valence-electron chi connectivity index (χ0n) is 35.1. The first-order valence-corrected chi connectivity index (χ1v) is 20.0. The number of imidazole rings is 1. The van der Waals surface area contributed by atoms with Crippen LogP contribution in [0, 0.1) is 0 Å². The number of aryl methyl sites for hydroxylation is 2. The number of carbonyl (C=O) groups is 5. The number of carbonyl (C=O) groups excluding carboxylic acids is 5. The molecule has 4 aromatic rings. The molecule has 2 aromatic heterocycles. The van der Waals surface area contributed by atoms with Gasteiger partial charge in [-0.2, -0.15) is 0 Å². The summed E-state index contributed by atoms with van der Waals surface area (Å²) in [4.78, 5) is 74.4. The van der Waals surface area contributed by atoms with E-state index in [1.54, 1.807) is 48.0 Å². The fraction of sp³-hybridized carbons (Fsp3) is 0.395. The van der Waals surface area contributed by atoms with E-state index in [4.69, 9.17) is 33.2 Å². The Bertz CT molecular complexity index is 2330. The van der Waals surface area contributed by atoms with E-state index in [1.807, 2.05) is 12.1 Å². The Kier molecular flexibility index (Phi) is 13.2. The summed E-state index contributed by atoms with van der Waals surface area (Å²) in [5.41, 5.74) is 2.84. The van der Waals surface area contributed by atoms with Gasteiger partial charge in [0.05, 0.1) is 38.7 Å². The van der Waals surface area contributed by atoms with Crippen molar-refractivity contribution < 1.29 is 57.1 Å². The quantitative estimate of drug-likeness (QED) is 0.130. The third-order valence-corrected chi connectivity index (χ3v) is 10.8. The van der Waals surface area contributed by atoms with Crippen LogP contribution in [-0.4, -0.2) is 121 Å². The van der Waals surface area contributed by atoms with Gasteiger partial charge < -0.3 is 57.8 Å². The molecule has 0 bridgehead atoms. The van der Waals surface area contributed by atoms with Crippen LogP contribution < -0.4 is 25.0 Å². The number of amides is 4. The SMILES string of the molecule is C=CCOC(=O)N1c2cc(OC)c(OC)cc2C(=O)N2CC[C@H](OCC(=O)Nc3cn(C)c(C(=O)Nc4ccc(-c5cc(C(=O)OC)n(C)c5)cc4)n3)[C@H]2C1OC1CCCCO1. The van der Waals surface area contributed by atoms with Gasteiger partial charge >= 0.3 is 12.1 Å². The number of esters is 1. The number of nitrogens with zero attached hydrogens (tertiary/aromatic N) is 5. The smallest absolute Gasteiger partial charge is 0.416 e. The first-order chi connectivity index (χ1) is 29.9. The molecule has 19 nitrogen and oxygen atoms in total. The molecule has 4 amide bonds. The second-order valence-corrected chi connectivity index (χ2v) is 14.8. The molecule has 3 aliphatic heterocycles. The van der Waals surface area contributed by atoms with E-state index in [0.717, 1.165) is 24.0 Å². The molecule has 7 rings (SSSR count). The van der Waals surface area contributed by atoms with Crippen molar-refractivity contribution in [2.75, 3.05) is 63.2 Å². The van der Waals surface area contributed by atoms with Gasteiger partial charge in [-0.15, -0.1) is 0 Å². The summed E-state index contributed by atoms with van der Waals surface area (Å²) in [6.07, 6.45) is 3.76. The van der Waals surface area contributed by atoms with E-state index in [-0.39, 0.29) is 47.5 Å². The highest BCUT2D eigenvalue weighted by Gasteiger charge is 2.52. The van der Waals surface area contributed by atoms with E-state index in [9.17, 15) is 24.0 Å². The zero-order chi connectivity index (χ0) is 44.1. The Hall–Kier alpha value is -6.70. The summed E-state index contributed by atoms with van der Waals surface area (Å²) in [7, 11) is 7.58. The molecule has 0 aliphatic carbocycles. The number of nitrogens with one attached hydrogen (secondary N) is 2. The number of aromatic nitrogens is 3. The monoisotopic (exact) mass is 855 g/mol. The first kappa shape index (κ1) is 43.4. The second kappa shape index (κ2) is 18.9. The number of benzene rings is 2. The summed E-state index contributed by atoms with van der Waals surface area (Å²) in [6, 6.07) is 10.9. The highest BCUT2D eigenvalue weighted by Crippen LogP contribution is 2.43. The number of fused-ring (bicyclic) bond motifs is 2. The van der Waals surface area contributed by atoms with Crippen molar-refractivity contribution in [2.45, 2.75) is 50.3 Å². The number of ether oxygens (including phenoxy) is 7. The van der Waals surface area contributed by atoms with Crippen molar-refractivity contribution in [3.05, 3.63) is 84.6 Å². The normalized spacial score (nSPS) is 19.5. The summed E-state index contributed by atoms with van der Waals surface area (Å²) >= 11 is 0. The van der Waals surface area contributed by atoms with Gasteiger partial charge in [0.15, 0.2) is 29.8 Å². The van der Waals surface area contributed by atoms with Crippen molar-refractivity contribution in [2.24, 2.45) is 14.1 Å². The highest BCUT2D eigenvalue weighted by atomic mass is 16.7. The van der Waals surface area contributed by atoms with E-state index in [0.29, 0.717) is 30.8 Å². The lowest BCUT2D eigenvalue weighted by molar-refractivity contribution is -0.201.